The van der Waals surface area contributed by atoms with Gasteiger partial charge in [0.05, 0.1) is 22.4 Å². The maximum atomic E-state index is 12.1. The van der Waals surface area contributed by atoms with E-state index >= 15 is 0 Å². The largest absolute Gasteiger partial charge is 0.317 e. The van der Waals surface area contributed by atoms with Gasteiger partial charge in [-0.25, -0.2) is 4.98 Å². The van der Waals surface area contributed by atoms with Crippen LogP contribution >= 0.6 is 34.9 Å². The molecule has 3 rings (SSSR count). The fourth-order valence-corrected chi connectivity index (χ4v) is 2.56. The first-order valence-electron chi connectivity index (χ1n) is 5.50. The van der Waals surface area contributed by atoms with Gasteiger partial charge in [0.1, 0.15) is 21.9 Å². The highest BCUT2D eigenvalue weighted by atomic mass is 35.5. The summed E-state index contributed by atoms with van der Waals surface area (Å²) in [5, 5.41) is 3.33. The Kier molecular flexibility index (Phi) is 3.52. The monoisotopic (exact) mass is 324 g/mol. The maximum Gasteiger partial charge on any atom is 0.274 e. The zero-order chi connectivity index (χ0) is 14.1. The van der Waals surface area contributed by atoms with E-state index in [1.165, 1.54) is 0 Å². The minimum Gasteiger partial charge on any atom is -0.317 e. The summed E-state index contributed by atoms with van der Waals surface area (Å²) >= 11 is 12.9. The van der Waals surface area contributed by atoms with Crippen molar-refractivity contribution in [2.45, 2.75) is 0 Å². The Hall–Kier alpha value is -1.76. The molecule has 0 bridgehead atoms. The third-order valence-corrected chi connectivity index (χ3v) is 3.63. The molecule has 0 saturated heterocycles. The van der Waals surface area contributed by atoms with E-state index in [9.17, 15) is 4.79 Å². The number of halogens is 2. The summed E-state index contributed by atoms with van der Waals surface area (Å²) in [6.07, 6.45) is 0. The number of rotatable bonds is 2. The van der Waals surface area contributed by atoms with Crippen LogP contribution in [-0.4, -0.2) is 19.6 Å². The SMILES string of the molecule is O=C(Nc1c(Cl)ccc2nsnc12)c1cccc(Cl)n1. The number of nitrogens with one attached hydrogen (secondary N) is 1. The zero-order valence-electron chi connectivity index (χ0n) is 9.80. The van der Waals surface area contributed by atoms with Crippen LogP contribution in [0.2, 0.25) is 10.2 Å². The first-order valence-corrected chi connectivity index (χ1v) is 6.98. The van der Waals surface area contributed by atoms with Gasteiger partial charge in [0, 0.05) is 0 Å². The highest BCUT2D eigenvalue weighted by molar-refractivity contribution is 7.00. The molecule has 0 atom stereocenters. The standard InChI is InChI=1S/C12H6Cl2N4OS/c13-6-4-5-7-11(18-20-17-7)10(6)16-12(19)8-2-1-3-9(14)15-8/h1-5H,(H,16,19). The number of amides is 1. The number of nitrogens with zero attached hydrogens (tertiary/aromatic N) is 3. The fraction of sp³-hybridized carbons (Fsp3) is 0. The third-order valence-electron chi connectivity index (χ3n) is 2.56. The van der Waals surface area contributed by atoms with Crippen LogP contribution in [0.4, 0.5) is 5.69 Å². The van der Waals surface area contributed by atoms with E-state index in [0.29, 0.717) is 21.7 Å². The summed E-state index contributed by atoms with van der Waals surface area (Å²) in [6.45, 7) is 0. The molecular weight excluding hydrogens is 319 g/mol. The van der Waals surface area contributed by atoms with Crippen LogP contribution in [0.3, 0.4) is 0 Å². The van der Waals surface area contributed by atoms with Crippen LogP contribution in [-0.2, 0) is 0 Å². The topological polar surface area (TPSA) is 67.8 Å². The predicted octanol–water partition coefficient (Wildman–Crippen LogP) is 3.65. The Morgan fingerprint density at radius 2 is 2.00 bits per heavy atom. The molecule has 0 spiro atoms. The molecule has 1 aromatic carbocycles. The molecule has 2 aromatic heterocycles. The van der Waals surface area contributed by atoms with Gasteiger partial charge < -0.3 is 5.32 Å². The molecule has 0 fully saturated rings. The Labute approximate surface area is 127 Å². The maximum absolute atomic E-state index is 12.1. The lowest BCUT2D eigenvalue weighted by Crippen LogP contribution is -2.14. The molecule has 0 unspecified atom stereocenters. The van der Waals surface area contributed by atoms with Crippen LogP contribution in [0.1, 0.15) is 10.5 Å². The van der Waals surface area contributed by atoms with Gasteiger partial charge in [-0.3, -0.25) is 4.79 Å². The van der Waals surface area contributed by atoms with Crippen molar-refractivity contribution in [2.24, 2.45) is 0 Å². The van der Waals surface area contributed by atoms with Gasteiger partial charge in [-0.1, -0.05) is 29.3 Å². The summed E-state index contributed by atoms with van der Waals surface area (Å²) in [6, 6.07) is 8.21. The Balaban J connectivity index is 1.99. The van der Waals surface area contributed by atoms with Crippen molar-refractivity contribution in [1.82, 2.24) is 13.7 Å². The number of benzene rings is 1. The van der Waals surface area contributed by atoms with Crippen molar-refractivity contribution in [3.63, 3.8) is 0 Å². The lowest BCUT2D eigenvalue weighted by atomic mass is 10.2. The molecule has 0 saturated carbocycles. The van der Waals surface area contributed by atoms with Crippen LogP contribution in [0.25, 0.3) is 11.0 Å². The highest BCUT2D eigenvalue weighted by Gasteiger charge is 2.15. The number of hydrogen-bond donors (Lipinski definition) is 1. The zero-order valence-corrected chi connectivity index (χ0v) is 12.1. The molecule has 0 aliphatic rings. The number of carbonyl (C=O) groups is 1. The summed E-state index contributed by atoms with van der Waals surface area (Å²) in [5.41, 5.74) is 1.85. The summed E-state index contributed by atoms with van der Waals surface area (Å²) in [5.74, 6) is -0.407. The number of hydrogen-bond acceptors (Lipinski definition) is 5. The predicted molar refractivity (Wildman–Crippen MR) is 79.6 cm³/mol. The molecular formula is C12H6Cl2N4OS. The first kappa shape index (κ1) is 13.2. The van der Waals surface area contributed by atoms with E-state index in [1.54, 1.807) is 30.3 Å². The summed E-state index contributed by atoms with van der Waals surface area (Å²) < 4.78 is 8.23. The minimum atomic E-state index is -0.407. The van der Waals surface area contributed by atoms with Crippen LogP contribution < -0.4 is 5.32 Å². The molecule has 2 heterocycles. The van der Waals surface area contributed by atoms with E-state index < -0.39 is 5.91 Å². The summed E-state index contributed by atoms with van der Waals surface area (Å²) in [7, 11) is 0. The normalized spacial score (nSPS) is 10.7. The Morgan fingerprint density at radius 1 is 1.15 bits per heavy atom. The molecule has 3 aromatic rings. The van der Waals surface area contributed by atoms with Gasteiger partial charge in [-0.05, 0) is 24.3 Å². The van der Waals surface area contributed by atoms with Gasteiger partial charge in [0.15, 0.2) is 0 Å². The van der Waals surface area contributed by atoms with Gasteiger partial charge in [0.2, 0.25) is 0 Å². The molecule has 20 heavy (non-hydrogen) atoms. The molecule has 5 nitrogen and oxygen atoms in total. The molecule has 100 valence electrons. The second-order valence-corrected chi connectivity index (χ2v) is 5.18. The highest BCUT2D eigenvalue weighted by Crippen LogP contribution is 2.30. The smallest absolute Gasteiger partial charge is 0.274 e. The van der Waals surface area contributed by atoms with Crippen molar-refractivity contribution >= 4 is 57.6 Å². The summed E-state index contributed by atoms with van der Waals surface area (Å²) in [4.78, 5) is 16.1. The van der Waals surface area contributed by atoms with Gasteiger partial charge in [0.25, 0.3) is 5.91 Å². The van der Waals surface area contributed by atoms with E-state index in [0.717, 1.165) is 11.7 Å². The second-order valence-electron chi connectivity index (χ2n) is 3.85. The molecule has 1 N–H and O–H groups in total. The van der Waals surface area contributed by atoms with E-state index in [1.807, 2.05) is 0 Å². The molecule has 0 radical (unpaired) electrons. The van der Waals surface area contributed by atoms with Crippen molar-refractivity contribution in [2.75, 3.05) is 5.32 Å². The molecule has 0 aliphatic heterocycles. The Bertz CT molecular complexity index is 805. The van der Waals surface area contributed by atoms with Crippen LogP contribution in [0.5, 0.6) is 0 Å². The number of carbonyl (C=O) groups excluding carboxylic acids is 1. The van der Waals surface area contributed by atoms with Gasteiger partial charge in [-0.2, -0.15) is 8.75 Å². The minimum absolute atomic E-state index is 0.203. The number of aromatic nitrogens is 3. The van der Waals surface area contributed by atoms with Crippen molar-refractivity contribution < 1.29 is 4.79 Å². The number of fused-ring (bicyclic) bond motifs is 1. The average molecular weight is 325 g/mol. The second kappa shape index (κ2) is 5.32. The van der Waals surface area contributed by atoms with Crippen molar-refractivity contribution in [1.29, 1.82) is 0 Å². The van der Waals surface area contributed by atoms with Crippen molar-refractivity contribution in [3.05, 3.63) is 46.2 Å². The van der Waals surface area contributed by atoms with E-state index in [2.05, 4.69) is 19.0 Å². The Morgan fingerprint density at radius 3 is 2.80 bits per heavy atom. The molecule has 8 heteroatoms. The number of pyridine rings is 1. The van der Waals surface area contributed by atoms with E-state index in [-0.39, 0.29) is 10.8 Å². The quantitative estimate of drug-likeness (QED) is 0.730. The number of anilines is 1. The molecule has 0 aliphatic carbocycles. The fourth-order valence-electron chi connectivity index (χ4n) is 1.66. The average Bonchev–Trinajstić information content (AvgIpc) is 2.90. The van der Waals surface area contributed by atoms with Crippen molar-refractivity contribution in [3.8, 4) is 0 Å². The van der Waals surface area contributed by atoms with E-state index in [4.69, 9.17) is 23.2 Å². The van der Waals surface area contributed by atoms with Crippen LogP contribution in [0, 0.1) is 0 Å². The van der Waals surface area contributed by atoms with Crippen LogP contribution in [0.15, 0.2) is 30.3 Å². The lowest BCUT2D eigenvalue weighted by Gasteiger charge is -2.07. The lowest BCUT2D eigenvalue weighted by molar-refractivity contribution is 0.102. The van der Waals surface area contributed by atoms with Gasteiger partial charge >= 0.3 is 0 Å². The molecule has 1 amide bonds. The van der Waals surface area contributed by atoms with Gasteiger partial charge in [-0.15, -0.1) is 0 Å². The first-order chi connectivity index (χ1) is 9.65. The third kappa shape index (κ3) is 2.45.